The van der Waals surface area contributed by atoms with Crippen molar-refractivity contribution in [2.75, 3.05) is 19.7 Å². The summed E-state index contributed by atoms with van der Waals surface area (Å²) in [5.41, 5.74) is 2.59. The molecule has 0 radical (unpaired) electrons. The van der Waals surface area contributed by atoms with E-state index >= 15 is 0 Å². The summed E-state index contributed by atoms with van der Waals surface area (Å²) in [5, 5.41) is 8.48. The molecular weight excluding hydrogens is 388 g/mol. The maximum absolute atomic E-state index is 13.1. The molecule has 0 bridgehead atoms. The molecule has 8 heteroatoms. The van der Waals surface area contributed by atoms with Crippen molar-refractivity contribution in [3.8, 4) is 17.0 Å². The second-order valence-electron chi connectivity index (χ2n) is 7.12. The van der Waals surface area contributed by atoms with Crippen molar-refractivity contribution in [2.24, 2.45) is 0 Å². The summed E-state index contributed by atoms with van der Waals surface area (Å²) < 4.78 is 35.0. The van der Waals surface area contributed by atoms with Crippen LogP contribution in [0.5, 0.6) is 5.75 Å². The standard InChI is InChI=1S/C21H24N4O3S/c1-3-28-21-10-9-19(13-16(21)2)29(26,27)24-12-11-18(14-24)25-15-20(22-23-25)17-7-5-4-6-8-17/h4-10,13,15,18H,3,11-12,14H2,1-2H3. The van der Waals surface area contributed by atoms with Crippen LogP contribution in [0.2, 0.25) is 0 Å². The molecule has 1 atom stereocenters. The van der Waals surface area contributed by atoms with E-state index in [0.717, 1.165) is 16.8 Å². The van der Waals surface area contributed by atoms with Gasteiger partial charge in [-0.2, -0.15) is 4.31 Å². The van der Waals surface area contributed by atoms with Crippen LogP contribution < -0.4 is 4.74 Å². The van der Waals surface area contributed by atoms with Gasteiger partial charge in [-0.25, -0.2) is 13.1 Å². The van der Waals surface area contributed by atoms with E-state index in [1.54, 1.807) is 22.9 Å². The predicted molar refractivity (Wildman–Crippen MR) is 110 cm³/mol. The van der Waals surface area contributed by atoms with Gasteiger partial charge < -0.3 is 4.74 Å². The van der Waals surface area contributed by atoms with E-state index in [1.807, 2.05) is 50.4 Å². The van der Waals surface area contributed by atoms with Crippen LogP contribution in [0.1, 0.15) is 24.9 Å². The SMILES string of the molecule is CCOc1ccc(S(=O)(=O)N2CCC(n3cc(-c4ccccc4)nn3)C2)cc1C. The minimum atomic E-state index is -3.56. The van der Waals surface area contributed by atoms with Gasteiger partial charge in [-0.15, -0.1) is 5.10 Å². The highest BCUT2D eigenvalue weighted by Crippen LogP contribution is 2.30. The molecule has 152 valence electrons. The Morgan fingerprint density at radius 1 is 1.17 bits per heavy atom. The van der Waals surface area contributed by atoms with Gasteiger partial charge in [-0.3, -0.25) is 0 Å². The normalized spacial score (nSPS) is 17.5. The molecule has 2 aromatic carbocycles. The summed E-state index contributed by atoms with van der Waals surface area (Å²) in [6, 6.07) is 14.8. The van der Waals surface area contributed by atoms with Crippen molar-refractivity contribution >= 4 is 10.0 Å². The lowest BCUT2D eigenvalue weighted by Crippen LogP contribution is -2.29. The number of hydrogen-bond acceptors (Lipinski definition) is 5. The highest BCUT2D eigenvalue weighted by atomic mass is 32.2. The summed E-state index contributed by atoms with van der Waals surface area (Å²) in [4.78, 5) is 0.294. The molecule has 4 rings (SSSR count). The van der Waals surface area contributed by atoms with Gasteiger partial charge in [0.15, 0.2) is 0 Å². The van der Waals surface area contributed by atoms with Crippen LogP contribution in [0, 0.1) is 6.92 Å². The monoisotopic (exact) mass is 412 g/mol. The molecule has 1 aromatic heterocycles. The van der Waals surface area contributed by atoms with Crippen molar-refractivity contribution in [1.82, 2.24) is 19.3 Å². The topological polar surface area (TPSA) is 77.3 Å². The third-order valence-corrected chi connectivity index (χ3v) is 7.03. The summed E-state index contributed by atoms with van der Waals surface area (Å²) in [5.74, 6) is 0.710. The summed E-state index contributed by atoms with van der Waals surface area (Å²) in [6.07, 6.45) is 2.59. The van der Waals surface area contributed by atoms with Gasteiger partial charge in [-0.05, 0) is 44.0 Å². The van der Waals surface area contributed by atoms with Crippen LogP contribution in [0.25, 0.3) is 11.3 Å². The minimum Gasteiger partial charge on any atom is -0.494 e. The summed E-state index contributed by atoms with van der Waals surface area (Å²) >= 11 is 0. The van der Waals surface area contributed by atoms with E-state index in [1.165, 1.54) is 4.31 Å². The van der Waals surface area contributed by atoms with Gasteiger partial charge in [0.05, 0.1) is 23.7 Å². The Kier molecular flexibility index (Phi) is 5.38. The number of aromatic nitrogens is 3. The van der Waals surface area contributed by atoms with Crippen molar-refractivity contribution in [3.63, 3.8) is 0 Å². The fourth-order valence-electron chi connectivity index (χ4n) is 3.59. The first-order chi connectivity index (χ1) is 14.0. The lowest BCUT2D eigenvalue weighted by Gasteiger charge is -2.17. The Hall–Kier alpha value is -2.71. The fraction of sp³-hybridized carbons (Fsp3) is 0.333. The number of nitrogens with zero attached hydrogens (tertiary/aromatic N) is 4. The molecule has 29 heavy (non-hydrogen) atoms. The lowest BCUT2D eigenvalue weighted by molar-refractivity contribution is 0.337. The Balaban J connectivity index is 1.51. The second kappa shape index (κ2) is 7.96. The molecule has 3 aromatic rings. The Morgan fingerprint density at radius 2 is 1.97 bits per heavy atom. The molecule has 2 heterocycles. The lowest BCUT2D eigenvalue weighted by atomic mass is 10.2. The number of sulfonamides is 1. The smallest absolute Gasteiger partial charge is 0.243 e. The van der Waals surface area contributed by atoms with Crippen molar-refractivity contribution in [1.29, 1.82) is 0 Å². The van der Waals surface area contributed by atoms with E-state index in [2.05, 4.69) is 10.3 Å². The minimum absolute atomic E-state index is 0.0291. The van der Waals surface area contributed by atoms with Gasteiger partial charge in [-0.1, -0.05) is 35.5 Å². The van der Waals surface area contributed by atoms with E-state index < -0.39 is 10.0 Å². The first kappa shape index (κ1) is 19.6. The molecule has 7 nitrogen and oxygen atoms in total. The quantitative estimate of drug-likeness (QED) is 0.621. The predicted octanol–water partition coefficient (Wildman–Crippen LogP) is 3.29. The third kappa shape index (κ3) is 3.90. The molecule has 1 saturated heterocycles. The van der Waals surface area contributed by atoms with Gasteiger partial charge in [0.2, 0.25) is 10.0 Å². The van der Waals surface area contributed by atoms with Crippen LogP contribution in [-0.2, 0) is 10.0 Å². The average Bonchev–Trinajstić information content (AvgIpc) is 3.40. The van der Waals surface area contributed by atoms with Crippen molar-refractivity contribution < 1.29 is 13.2 Å². The van der Waals surface area contributed by atoms with Crippen molar-refractivity contribution in [3.05, 3.63) is 60.3 Å². The summed E-state index contributed by atoms with van der Waals surface area (Å²) in [6.45, 7) is 5.15. The highest BCUT2D eigenvalue weighted by Gasteiger charge is 2.34. The molecule has 1 fully saturated rings. The van der Waals surface area contributed by atoms with E-state index in [0.29, 0.717) is 36.8 Å². The zero-order valence-corrected chi connectivity index (χ0v) is 17.3. The largest absolute Gasteiger partial charge is 0.494 e. The molecule has 1 aliphatic heterocycles. The highest BCUT2D eigenvalue weighted by molar-refractivity contribution is 7.89. The molecular formula is C21H24N4O3S. The van der Waals surface area contributed by atoms with Crippen LogP contribution in [0.4, 0.5) is 0 Å². The van der Waals surface area contributed by atoms with E-state index in [-0.39, 0.29) is 6.04 Å². The number of ether oxygens (including phenoxy) is 1. The Labute approximate surface area is 171 Å². The molecule has 1 unspecified atom stereocenters. The third-order valence-electron chi connectivity index (χ3n) is 5.16. The number of benzene rings is 2. The molecule has 0 saturated carbocycles. The van der Waals surface area contributed by atoms with Crippen LogP contribution in [0.15, 0.2) is 59.6 Å². The fourth-order valence-corrected chi connectivity index (χ4v) is 5.17. The van der Waals surface area contributed by atoms with Crippen LogP contribution >= 0.6 is 0 Å². The maximum Gasteiger partial charge on any atom is 0.243 e. The molecule has 0 N–H and O–H groups in total. The Bertz CT molecular complexity index is 1100. The molecule has 0 spiro atoms. The first-order valence-electron chi connectivity index (χ1n) is 9.70. The van der Waals surface area contributed by atoms with Gasteiger partial charge in [0.25, 0.3) is 0 Å². The zero-order valence-electron chi connectivity index (χ0n) is 16.5. The van der Waals surface area contributed by atoms with Gasteiger partial charge in [0, 0.05) is 18.7 Å². The number of aryl methyl sites for hydroxylation is 1. The van der Waals surface area contributed by atoms with Crippen molar-refractivity contribution in [2.45, 2.75) is 31.2 Å². The second-order valence-corrected chi connectivity index (χ2v) is 9.05. The van der Waals surface area contributed by atoms with Gasteiger partial charge in [0.1, 0.15) is 11.4 Å². The van der Waals surface area contributed by atoms with E-state index in [9.17, 15) is 8.42 Å². The Morgan fingerprint density at radius 3 is 2.69 bits per heavy atom. The van der Waals surface area contributed by atoms with Crippen LogP contribution in [-0.4, -0.2) is 47.4 Å². The maximum atomic E-state index is 13.1. The van der Waals surface area contributed by atoms with Crippen LogP contribution in [0.3, 0.4) is 0 Å². The summed E-state index contributed by atoms with van der Waals surface area (Å²) in [7, 11) is -3.56. The number of rotatable bonds is 6. The first-order valence-corrected chi connectivity index (χ1v) is 11.1. The zero-order chi connectivity index (χ0) is 20.4. The molecule has 0 aliphatic carbocycles. The number of hydrogen-bond donors (Lipinski definition) is 0. The molecule has 0 amide bonds. The van der Waals surface area contributed by atoms with Gasteiger partial charge >= 0.3 is 0 Å². The van der Waals surface area contributed by atoms with E-state index in [4.69, 9.17) is 4.74 Å². The average molecular weight is 413 g/mol. The molecule has 1 aliphatic rings.